The molecule has 2 aromatic heterocycles. The highest BCUT2D eigenvalue weighted by molar-refractivity contribution is 5.97. The molecule has 1 aliphatic rings. The molecule has 0 atom stereocenters. The molecule has 1 aliphatic heterocycles. The van der Waals surface area contributed by atoms with Gasteiger partial charge in [-0.25, -0.2) is 4.79 Å². The monoisotopic (exact) mass is 366 g/mol. The fourth-order valence-electron chi connectivity index (χ4n) is 3.65. The van der Waals surface area contributed by atoms with Crippen LogP contribution in [0.1, 0.15) is 57.6 Å². The Morgan fingerprint density at radius 3 is 2.74 bits per heavy atom. The minimum Gasteiger partial charge on any atom is -0.478 e. The summed E-state index contributed by atoms with van der Waals surface area (Å²) in [5, 5.41) is 14.6. The number of carboxylic acids is 1. The number of hydrogen-bond acceptors (Lipinski definition) is 3. The van der Waals surface area contributed by atoms with Crippen LogP contribution in [0.15, 0.2) is 24.4 Å². The molecule has 0 spiro atoms. The van der Waals surface area contributed by atoms with Crippen molar-refractivity contribution in [3.8, 4) is 0 Å². The molecule has 0 saturated carbocycles. The summed E-state index contributed by atoms with van der Waals surface area (Å²) in [4.78, 5) is 29.6. The molecule has 3 aromatic rings. The molecule has 1 amide bonds. The number of aromatic carboxylic acids is 1. The van der Waals surface area contributed by atoms with E-state index in [2.05, 4.69) is 10.1 Å². The van der Waals surface area contributed by atoms with Crippen LogP contribution in [-0.2, 0) is 13.0 Å². The van der Waals surface area contributed by atoms with Crippen LogP contribution >= 0.6 is 0 Å². The summed E-state index contributed by atoms with van der Waals surface area (Å²) in [5.41, 5.74) is 4.59. The van der Waals surface area contributed by atoms with Crippen LogP contribution in [0.3, 0.4) is 0 Å². The van der Waals surface area contributed by atoms with E-state index in [1.807, 2.05) is 36.5 Å². The van der Waals surface area contributed by atoms with Crippen molar-refractivity contribution in [2.45, 2.75) is 39.8 Å². The third-order valence-corrected chi connectivity index (χ3v) is 5.19. The molecule has 0 bridgehead atoms. The van der Waals surface area contributed by atoms with Gasteiger partial charge in [0.15, 0.2) is 0 Å². The fourth-order valence-corrected chi connectivity index (χ4v) is 3.65. The van der Waals surface area contributed by atoms with Crippen molar-refractivity contribution >= 4 is 22.8 Å². The van der Waals surface area contributed by atoms with Gasteiger partial charge >= 0.3 is 5.97 Å². The van der Waals surface area contributed by atoms with Gasteiger partial charge < -0.3 is 15.0 Å². The summed E-state index contributed by atoms with van der Waals surface area (Å²) < 4.78 is 1.81. The lowest BCUT2D eigenvalue weighted by atomic mass is 10.0. The van der Waals surface area contributed by atoms with Crippen molar-refractivity contribution in [3.63, 3.8) is 0 Å². The normalized spacial score (nSPS) is 14.0. The van der Waals surface area contributed by atoms with E-state index in [9.17, 15) is 14.7 Å². The number of aryl methyl sites for hydroxylation is 1. The van der Waals surface area contributed by atoms with Gasteiger partial charge in [-0.2, -0.15) is 5.10 Å². The summed E-state index contributed by atoms with van der Waals surface area (Å²) in [5.74, 6) is -0.985. The number of carbonyl (C=O) groups is 2. The highest BCUT2D eigenvalue weighted by Crippen LogP contribution is 2.29. The molecule has 2 N–H and O–H groups in total. The van der Waals surface area contributed by atoms with E-state index in [1.165, 1.54) is 0 Å². The highest BCUT2D eigenvalue weighted by Gasteiger charge is 2.27. The van der Waals surface area contributed by atoms with E-state index in [1.54, 1.807) is 18.2 Å². The van der Waals surface area contributed by atoms with Crippen LogP contribution in [0, 0.1) is 6.92 Å². The van der Waals surface area contributed by atoms with Crippen LogP contribution in [0.5, 0.6) is 0 Å². The Hall–Kier alpha value is -3.09. The van der Waals surface area contributed by atoms with E-state index in [0.717, 1.165) is 34.3 Å². The molecular weight excluding hydrogens is 344 g/mol. The van der Waals surface area contributed by atoms with Gasteiger partial charge in [0.05, 0.1) is 16.8 Å². The molecule has 4 rings (SSSR count). The SMILES string of the molecule is Cc1nn(C(C)C)cc1C(=O)N1CCc2[nH]c3ccc(C(=O)O)cc3c2C1. The van der Waals surface area contributed by atoms with Gasteiger partial charge in [0.1, 0.15) is 0 Å². The van der Waals surface area contributed by atoms with Crippen molar-refractivity contribution in [3.05, 3.63) is 52.5 Å². The first-order chi connectivity index (χ1) is 12.8. The van der Waals surface area contributed by atoms with Gasteiger partial charge in [-0.15, -0.1) is 0 Å². The topological polar surface area (TPSA) is 91.2 Å². The zero-order valence-electron chi connectivity index (χ0n) is 15.6. The van der Waals surface area contributed by atoms with Crippen LogP contribution in [0.4, 0.5) is 0 Å². The number of nitrogens with zero attached hydrogens (tertiary/aromatic N) is 3. The summed E-state index contributed by atoms with van der Waals surface area (Å²) in [6.07, 6.45) is 2.53. The van der Waals surface area contributed by atoms with Crippen LogP contribution < -0.4 is 0 Å². The third kappa shape index (κ3) is 2.89. The molecule has 0 unspecified atom stereocenters. The maximum atomic E-state index is 13.1. The van der Waals surface area contributed by atoms with Crippen LogP contribution in [-0.4, -0.2) is 43.2 Å². The molecule has 140 valence electrons. The van der Waals surface area contributed by atoms with Gasteiger partial charge in [-0.1, -0.05) is 0 Å². The summed E-state index contributed by atoms with van der Waals surface area (Å²) in [7, 11) is 0. The Kier molecular flexibility index (Phi) is 4.02. The standard InChI is InChI=1S/C20H22N4O3/c1-11(2)24-10-15(12(3)22-24)19(25)23-7-6-18-16(9-23)14-8-13(20(26)27)4-5-17(14)21-18/h4-5,8,10-11,21H,6-7,9H2,1-3H3,(H,26,27). The zero-order valence-corrected chi connectivity index (χ0v) is 15.6. The Bertz CT molecular complexity index is 1060. The average Bonchev–Trinajstić information content (AvgIpc) is 3.20. The number of carboxylic acid groups (broad SMARTS) is 1. The third-order valence-electron chi connectivity index (χ3n) is 5.19. The molecule has 7 nitrogen and oxygen atoms in total. The first-order valence-electron chi connectivity index (χ1n) is 9.07. The largest absolute Gasteiger partial charge is 0.478 e. The lowest BCUT2D eigenvalue weighted by molar-refractivity contribution is 0.0694. The van der Waals surface area contributed by atoms with Gasteiger partial charge in [0.2, 0.25) is 0 Å². The first-order valence-corrected chi connectivity index (χ1v) is 9.07. The Morgan fingerprint density at radius 2 is 2.07 bits per heavy atom. The van der Waals surface area contributed by atoms with Gasteiger partial charge in [0.25, 0.3) is 5.91 Å². The number of aromatic amines is 1. The number of hydrogen-bond donors (Lipinski definition) is 2. The number of amides is 1. The Morgan fingerprint density at radius 1 is 1.30 bits per heavy atom. The van der Waals surface area contributed by atoms with Crippen LogP contribution in [0.2, 0.25) is 0 Å². The van der Waals surface area contributed by atoms with E-state index in [4.69, 9.17) is 0 Å². The summed E-state index contributed by atoms with van der Waals surface area (Å²) >= 11 is 0. The van der Waals surface area contributed by atoms with Gasteiger partial charge in [-0.05, 0) is 39.0 Å². The maximum absolute atomic E-state index is 13.1. The smallest absolute Gasteiger partial charge is 0.335 e. The van der Waals surface area contributed by atoms with Crippen molar-refractivity contribution < 1.29 is 14.7 Å². The van der Waals surface area contributed by atoms with E-state index in [0.29, 0.717) is 18.7 Å². The minimum atomic E-state index is -0.952. The number of fused-ring (bicyclic) bond motifs is 3. The first kappa shape index (κ1) is 17.3. The molecule has 0 radical (unpaired) electrons. The van der Waals surface area contributed by atoms with Crippen LogP contribution in [0.25, 0.3) is 10.9 Å². The minimum absolute atomic E-state index is 0.0335. The van der Waals surface area contributed by atoms with E-state index in [-0.39, 0.29) is 17.5 Å². The second-order valence-corrected chi connectivity index (χ2v) is 7.33. The Labute approximate surface area is 156 Å². The van der Waals surface area contributed by atoms with Crippen molar-refractivity contribution in [2.75, 3.05) is 6.54 Å². The number of aromatic nitrogens is 3. The zero-order chi connectivity index (χ0) is 19.3. The van der Waals surface area contributed by atoms with E-state index < -0.39 is 5.97 Å². The number of rotatable bonds is 3. The highest BCUT2D eigenvalue weighted by atomic mass is 16.4. The maximum Gasteiger partial charge on any atom is 0.335 e. The van der Waals surface area contributed by atoms with Crippen molar-refractivity contribution in [1.82, 2.24) is 19.7 Å². The fraction of sp³-hybridized carbons (Fsp3) is 0.350. The molecule has 0 fully saturated rings. The van der Waals surface area contributed by atoms with Gasteiger partial charge in [-0.3, -0.25) is 9.48 Å². The summed E-state index contributed by atoms with van der Waals surface area (Å²) in [6.45, 7) is 6.99. The van der Waals surface area contributed by atoms with Crippen molar-refractivity contribution in [2.24, 2.45) is 0 Å². The van der Waals surface area contributed by atoms with E-state index >= 15 is 0 Å². The quantitative estimate of drug-likeness (QED) is 0.745. The predicted molar refractivity (Wildman–Crippen MR) is 101 cm³/mol. The molecule has 27 heavy (non-hydrogen) atoms. The molecule has 0 aliphatic carbocycles. The average molecular weight is 366 g/mol. The Balaban J connectivity index is 1.68. The van der Waals surface area contributed by atoms with Gasteiger partial charge in [0, 0.05) is 53.9 Å². The molecule has 7 heteroatoms. The lowest BCUT2D eigenvalue weighted by Gasteiger charge is -2.27. The number of H-pyrrole nitrogens is 1. The molecule has 0 saturated heterocycles. The predicted octanol–water partition coefficient (Wildman–Crippen LogP) is 3.15. The summed E-state index contributed by atoms with van der Waals surface area (Å²) in [6, 6.07) is 5.27. The molecule has 1 aromatic carbocycles. The van der Waals surface area contributed by atoms with Crippen molar-refractivity contribution in [1.29, 1.82) is 0 Å². The molecular formula is C20H22N4O3. The number of benzene rings is 1. The second-order valence-electron chi connectivity index (χ2n) is 7.33. The second kappa shape index (κ2) is 6.26. The number of carbonyl (C=O) groups excluding carboxylic acids is 1. The lowest BCUT2D eigenvalue weighted by Crippen LogP contribution is -2.36. The molecule has 3 heterocycles. The number of nitrogens with one attached hydrogen (secondary N) is 1.